The van der Waals surface area contributed by atoms with Crippen LogP contribution in [0.5, 0.6) is 0 Å². The molecule has 0 radical (unpaired) electrons. The predicted molar refractivity (Wildman–Crippen MR) is 111 cm³/mol. The maximum atomic E-state index is 13.9. The first-order chi connectivity index (χ1) is 17.5. The number of hydrogen-bond donors (Lipinski definition) is 1. The van der Waals surface area contributed by atoms with Crippen molar-refractivity contribution in [1.29, 1.82) is 0 Å². The Balaban J connectivity index is 1.74. The van der Waals surface area contributed by atoms with E-state index < -0.39 is 58.8 Å². The molecule has 1 amide bonds. The minimum atomic E-state index is -6.36. The van der Waals surface area contributed by atoms with E-state index in [4.69, 9.17) is 20.9 Å². The van der Waals surface area contributed by atoms with Gasteiger partial charge < -0.3 is 14.6 Å². The molecule has 1 aliphatic heterocycles. The van der Waals surface area contributed by atoms with Crippen LogP contribution in [0.25, 0.3) is 22.7 Å². The molecule has 204 valence electrons. The molecule has 1 fully saturated rings. The van der Waals surface area contributed by atoms with Gasteiger partial charge in [-0.3, -0.25) is 9.48 Å². The molecule has 1 atom stereocenters. The molecule has 1 saturated heterocycles. The van der Waals surface area contributed by atoms with Gasteiger partial charge in [0.15, 0.2) is 11.5 Å². The number of rotatable bonds is 5. The standard InChI is InChI=1S/C21H13ClF8N4O4/c1-34-15(14(20(25,26)27)16(32-34)19(23,24)21(28,29)30)12-7-13(38-33-12)8-2-3-10(22)9(6-8)17(35)31-11-4-5-37-18(11)36/h2-3,6-7,11H,4-5H2,1H3,(H,31,35). The number of aryl methyl sites for hydroxylation is 1. The average molecular weight is 573 g/mol. The molecule has 38 heavy (non-hydrogen) atoms. The molecule has 17 heteroatoms. The van der Waals surface area contributed by atoms with Gasteiger partial charge in [-0.1, -0.05) is 16.8 Å². The van der Waals surface area contributed by atoms with E-state index in [-0.39, 0.29) is 39.6 Å². The molecule has 1 aliphatic rings. The fourth-order valence-electron chi connectivity index (χ4n) is 3.68. The number of nitrogens with zero attached hydrogens (tertiary/aromatic N) is 3. The van der Waals surface area contributed by atoms with Crippen LogP contribution in [0.2, 0.25) is 5.02 Å². The van der Waals surface area contributed by atoms with Crippen LogP contribution in [-0.2, 0) is 28.7 Å². The topological polar surface area (TPSA) is 99.2 Å². The second-order valence-corrected chi connectivity index (χ2v) is 8.43. The van der Waals surface area contributed by atoms with Gasteiger partial charge in [-0.2, -0.15) is 40.2 Å². The van der Waals surface area contributed by atoms with Crippen molar-refractivity contribution in [1.82, 2.24) is 20.3 Å². The summed E-state index contributed by atoms with van der Waals surface area (Å²) in [5.74, 6) is -7.66. The average Bonchev–Trinajstić information content (AvgIpc) is 3.52. The smallest absolute Gasteiger partial charge is 0.459 e. The quantitative estimate of drug-likeness (QED) is 0.337. The Morgan fingerprint density at radius 3 is 2.39 bits per heavy atom. The van der Waals surface area contributed by atoms with Crippen LogP contribution in [0.1, 0.15) is 28.0 Å². The third-order valence-corrected chi connectivity index (χ3v) is 5.80. The van der Waals surface area contributed by atoms with Crippen molar-refractivity contribution >= 4 is 23.5 Å². The fraction of sp³-hybridized carbons (Fsp3) is 0.333. The molecular weight excluding hydrogens is 560 g/mol. The van der Waals surface area contributed by atoms with E-state index in [0.717, 1.165) is 19.2 Å². The molecule has 4 rings (SSSR count). The molecule has 0 saturated carbocycles. The van der Waals surface area contributed by atoms with E-state index in [1.165, 1.54) is 12.1 Å². The minimum Gasteiger partial charge on any atom is -0.464 e. The molecule has 1 N–H and O–H groups in total. The lowest BCUT2D eigenvalue weighted by Gasteiger charge is -2.19. The van der Waals surface area contributed by atoms with Crippen molar-refractivity contribution in [2.75, 3.05) is 6.61 Å². The summed E-state index contributed by atoms with van der Waals surface area (Å²) in [6, 6.07) is 3.58. The summed E-state index contributed by atoms with van der Waals surface area (Å²) in [4.78, 5) is 24.2. The van der Waals surface area contributed by atoms with Crippen molar-refractivity contribution < 1.29 is 54.0 Å². The summed E-state index contributed by atoms with van der Waals surface area (Å²) in [5.41, 5.74) is -6.99. The Labute approximate surface area is 211 Å². The summed E-state index contributed by atoms with van der Waals surface area (Å²) < 4.78 is 118. The highest BCUT2D eigenvalue weighted by Gasteiger charge is 2.64. The molecule has 8 nitrogen and oxygen atoms in total. The van der Waals surface area contributed by atoms with E-state index in [1.807, 2.05) is 0 Å². The van der Waals surface area contributed by atoms with Crippen LogP contribution >= 0.6 is 11.6 Å². The normalized spacial score (nSPS) is 16.6. The zero-order valence-corrected chi connectivity index (χ0v) is 19.4. The molecule has 1 aromatic carbocycles. The molecule has 0 spiro atoms. The van der Waals surface area contributed by atoms with Crippen LogP contribution in [0.3, 0.4) is 0 Å². The predicted octanol–water partition coefficient (Wildman–Crippen LogP) is 5.11. The number of cyclic esters (lactones) is 1. The summed E-state index contributed by atoms with van der Waals surface area (Å²) >= 11 is 6.05. The monoisotopic (exact) mass is 572 g/mol. The van der Waals surface area contributed by atoms with Crippen molar-refractivity contribution in [2.45, 2.75) is 30.7 Å². The number of carbonyl (C=O) groups excluding carboxylic acids is 2. The number of benzene rings is 1. The van der Waals surface area contributed by atoms with Crippen LogP contribution in [0.15, 0.2) is 28.8 Å². The Morgan fingerprint density at radius 2 is 1.82 bits per heavy atom. The lowest BCUT2D eigenvalue weighted by Crippen LogP contribution is -2.38. The number of nitrogens with one attached hydrogen (secondary N) is 1. The Hall–Kier alpha value is -3.69. The molecule has 3 aromatic rings. The lowest BCUT2D eigenvalue weighted by molar-refractivity contribution is -0.292. The zero-order chi connectivity index (χ0) is 28.2. The van der Waals surface area contributed by atoms with E-state index in [0.29, 0.717) is 0 Å². The minimum absolute atomic E-state index is 0.0314. The van der Waals surface area contributed by atoms with Crippen molar-refractivity contribution in [2.24, 2.45) is 7.05 Å². The summed E-state index contributed by atoms with van der Waals surface area (Å²) in [6.45, 7) is 0.100. The van der Waals surface area contributed by atoms with Gasteiger partial charge in [-0.15, -0.1) is 0 Å². The number of aromatic nitrogens is 3. The third-order valence-electron chi connectivity index (χ3n) is 5.47. The van der Waals surface area contributed by atoms with Gasteiger partial charge in [0.25, 0.3) is 5.91 Å². The van der Waals surface area contributed by atoms with E-state index in [2.05, 4.69) is 15.6 Å². The first kappa shape index (κ1) is 27.3. The van der Waals surface area contributed by atoms with Gasteiger partial charge in [0, 0.05) is 25.1 Å². The summed E-state index contributed by atoms with van der Waals surface area (Å²) in [5, 5.41) is 8.55. The number of alkyl halides is 8. The largest absolute Gasteiger partial charge is 0.464 e. The molecule has 2 aromatic heterocycles. The first-order valence-corrected chi connectivity index (χ1v) is 10.7. The number of hydrogen-bond acceptors (Lipinski definition) is 6. The van der Waals surface area contributed by atoms with Crippen LogP contribution < -0.4 is 5.32 Å². The molecule has 1 unspecified atom stereocenters. The van der Waals surface area contributed by atoms with Crippen molar-refractivity contribution in [3.63, 3.8) is 0 Å². The third kappa shape index (κ3) is 4.79. The Bertz CT molecular complexity index is 1410. The molecule has 3 heterocycles. The second kappa shape index (κ2) is 9.25. The molecular formula is C21H13ClF8N4O4. The summed E-state index contributed by atoms with van der Waals surface area (Å²) in [7, 11) is 0.730. The summed E-state index contributed by atoms with van der Waals surface area (Å²) in [6.07, 6.45) is -11.8. The maximum absolute atomic E-state index is 13.9. The highest BCUT2D eigenvalue weighted by atomic mass is 35.5. The first-order valence-electron chi connectivity index (χ1n) is 10.4. The Kier molecular flexibility index (Phi) is 6.66. The number of ether oxygens (including phenoxy) is 1. The second-order valence-electron chi connectivity index (χ2n) is 8.02. The highest BCUT2D eigenvalue weighted by molar-refractivity contribution is 6.34. The van der Waals surface area contributed by atoms with E-state index in [1.54, 1.807) is 0 Å². The van der Waals surface area contributed by atoms with Gasteiger partial charge in [0.2, 0.25) is 0 Å². The SMILES string of the molecule is Cn1nc(C(F)(F)C(F)(F)F)c(C(F)(F)F)c1-c1cc(-c2ccc(Cl)c(C(=O)NC3CCOC3=O)c2)on1. The maximum Gasteiger partial charge on any atom is 0.459 e. The number of halogens is 9. The zero-order valence-electron chi connectivity index (χ0n) is 18.7. The highest BCUT2D eigenvalue weighted by Crippen LogP contribution is 2.50. The van der Waals surface area contributed by atoms with Crippen molar-refractivity contribution in [3.05, 3.63) is 46.1 Å². The van der Waals surface area contributed by atoms with Gasteiger partial charge in [-0.25, -0.2) is 4.79 Å². The number of carbonyl (C=O) groups is 2. The lowest BCUT2D eigenvalue weighted by atomic mass is 10.0. The van der Waals surface area contributed by atoms with Crippen LogP contribution in [0, 0.1) is 0 Å². The van der Waals surface area contributed by atoms with Crippen LogP contribution in [-0.4, -0.2) is 45.6 Å². The van der Waals surface area contributed by atoms with Gasteiger partial charge in [-0.05, 0) is 18.2 Å². The van der Waals surface area contributed by atoms with Gasteiger partial charge in [0.05, 0.1) is 17.2 Å². The Morgan fingerprint density at radius 1 is 1.13 bits per heavy atom. The fourth-order valence-corrected chi connectivity index (χ4v) is 3.88. The van der Waals surface area contributed by atoms with E-state index in [9.17, 15) is 44.7 Å². The van der Waals surface area contributed by atoms with Gasteiger partial charge >= 0.3 is 24.2 Å². The number of esters is 1. The van der Waals surface area contributed by atoms with Gasteiger partial charge in [0.1, 0.15) is 23.0 Å². The molecule has 0 aliphatic carbocycles. The number of amides is 1. The molecule has 0 bridgehead atoms. The van der Waals surface area contributed by atoms with Crippen LogP contribution in [0.4, 0.5) is 35.1 Å². The van der Waals surface area contributed by atoms with E-state index >= 15 is 0 Å². The van der Waals surface area contributed by atoms with Crippen molar-refractivity contribution in [3.8, 4) is 22.7 Å².